The third-order valence-electron chi connectivity index (χ3n) is 15.3. The molecule has 0 bridgehead atoms. The van der Waals surface area contributed by atoms with Gasteiger partial charge in [-0.25, -0.2) is 0 Å². The predicted molar refractivity (Wildman–Crippen MR) is 357 cm³/mol. The maximum Gasteiger partial charge on any atom is 0.325 e. The fraction of sp³-hybridized carbons (Fsp3) is 0.641. The van der Waals surface area contributed by atoms with Crippen LogP contribution in [0.2, 0.25) is 0 Å². The van der Waals surface area contributed by atoms with Crippen LogP contribution in [0.1, 0.15) is 142 Å². The van der Waals surface area contributed by atoms with Gasteiger partial charge in [-0.15, -0.1) is 0 Å². The molecule has 101 heavy (non-hydrogen) atoms. The number of nitrogens with one attached hydrogen (secondary N) is 13. The van der Waals surface area contributed by atoms with Gasteiger partial charge < -0.3 is 105 Å². The summed E-state index contributed by atoms with van der Waals surface area (Å²) in [5.41, 5.74) is 5.90. The molecule has 0 radical (unpaired) electrons. The van der Waals surface area contributed by atoms with Crippen LogP contribution in [0.4, 0.5) is 0 Å². The first-order valence-electron chi connectivity index (χ1n) is 32.7. The number of phenols is 1. The molecule has 21 N–H and O–H groups in total. The number of hydrogen-bond acceptors (Lipinski definition) is 20. The van der Waals surface area contributed by atoms with Crippen molar-refractivity contribution in [3.63, 3.8) is 0 Å². The molecule has 0 fully saturated rings. The van der Waals surface area contributed by atoms with Crippen LogP contribution in [-0.2, 0) is 87.9 Å². The number of nitrogens with two attached hydrogens (primary N) is 1. The Morgan fingerprint density at radius 1 is 0.347 bits per heavy atom. The fourth-order valence-corrected chi connectivity index (χ4v) is 9.42. The summed E-state index contributed by atoms with van der Waals surface area (Å²) in [5, 5.41) is 89.6. The van der Waals surface area contributed by atoms with E-state index in [-0.39, 0.29) is 24.5 Å². The van der Waals surface area contributed by atoms with E-state index in [1.807, 2.05) is 0 Å². The highest BCUT2D eigenvalue weighted by Crippen LogP contribution is 2.16. The van der Waals surface area contributed by atoms with Crippen molar-refractivity contribution in [3.8, 4) is 5.75 Å². The van der Waals surface area contributed by atoms with Crippen LogP contribution in [0.5, 0.6) is 5.75 Å². The van der Waals surface area contributed by atoms with E-state index in [0.717, 1.165) is 6.92 Å². The molecule has 0 heterocycles. The Morgan fingerprint density at radius 3 is 1.05 bits per heavy atom. The van der Waals surface area contributed by atoms with Gasteiger partial charge in [0.1, 0.15) is 84.3 Å². The van der Waals surface area contributed by atoms with E-state index in [4.69, 9.17) is 5.73 Å². The minimum Gasteiger partial charge on any atom is -0.508 e. The summed E-state index contributed by atoms with van der Waals surface area (Å²) < 4.78 is 0. The summed E-state index contributed by atoms with van der Waals surface area (Å²) in [5.74, 6) is -22.8. The molecule has 0 aromatic heterocycles. The number of benzene rings is 1. The molecule has 0 saturated heterocycles. The second-order valence-corrected chi connectivity index (χ2v) is 26.4. The number of aliphatic hydroxyl groups is 1. The van der Waals surface area contributed by atoms with Gasteiger partial charge in [-0.1, -0.05) is 81.4 Å². The lowest BCUT2D eigenvalue weighted by Crippen LogP contribution is -2.62. The van der Waals surface area contributed by atoms with Gasteiger partial charge in [0.05, 0.1) is 25.0 Å². The zero-order valence-electron chi connectivity index (χ0n) is 59.3. The van der Waals surface area contributed by atoms with E-state index in [0.29, 0.717) is 5.56 Å². The van der Waals surface area contributed by atoms with E-state index in [1.54, 1.807) is 13.8 Å². The molecule has 1 rings (SSSR count). The lowest BCUT2D eigenvalue weighted by atomic mass is 9.98. The van der Waals surface area contributed by atoms with Gasteiger partial charge in [0.25, 0.3) is 0 Å². The zero-order chi connectivity index (χ0) is 77.8. The minimum atomic E-state index is -1.88. The number of rotatable bonds is 43. The first-order valence-corrected chi connectivity index (χ1v) is 32.7. The summed E-state index contributed by atoms with van der Waals surface area (Å²) in [6.45, 7) is 21.3. The summed E-state index contributed by atoms with van der Waals surface area (Å²) in [6, 6.07) is -16.4. The highest BCUT2D eigenvalue weighted by molar-refractivity contribution is 6.01. The van der Waals surface area contributed by atoms with Crippen molar-refractivity contribution in [2.45, 2.75) is 233 Å². The van der Waals surface area contributed by atoms with Gasteiger partial charge >= 0.3 is 23.9 Å². The van der Waals surface area contributed by atoms with Gasteiger partial charge in [-0.05, 0) is 94.7 Å². The molecule has 566 valence electrons. The van der Waals surface area contributed by atoms with E-state index in [1.165, 1.54) is 107 Å². The molecule has 0 aliphatic heterocycles. The van der Waals surface area contributed by atoms with Gasteiger partial charge in [-0.3, -0.25) is 81.5 Å². The molecule has 1 aromatic carbocycles. The predicted octanol–water partition coefficient (Wildman–Crippen LogP) is -4.41. The van der Waals surface area contributed by atoms with Crippen molar-refractivity contribution < 1.29 is 112 Å². The number of aliphatic hydroxyl groups excluding tert-OH is 1. The van der Waals surface area contributed by atoms with Crippen molar-refractivity contribution in [3.05, 3.63) is 29.8 Å². The Bertz CT molecular complexity index is 3120. The summed E-state index contributed by atoms with van der Waals surface area (Å²) in [7, 11) is 0. The topological polar surface area (TPSA) is 594 Å². The molecular formula is C64H102N14O23. The van der Waals surface area contributed by atoms with Gasteiger partial charge in [0.2, 0.25) is 76.8 Å². The number of carbonyl (C=O) groups is 17. The monoisotopic (exact) mass is 1430 g/mol. The average molecular weight is 1440 g/mol. The molecule has 1 aromatic rings. The molecule has 37 heteroatoms. The first kappa shape index (κ1) is 88.9. The number of phenolic OH excluding ortho intramolecular Hbond substituents is 1. The summed E-state index contributed by atoms with van der Waals surface area (Å²) >= 11 is 0. The Balaban J connectivity index is 3.40. The summed E-state index contributed by atoms with van der Waals surface area (Å²) in [4.78, 5) is 224. The first-order chi connectivity index (χ1) is 46.7. The second kappa shape index (κ2) is 42.1. The van der Waals surface area contributed by atoms with Crippen LogP contribution in [0.3, 0.4) is 0 Å². The maximum absolute atomic E-state index is 14.3. The Morgan fingerprint density at radius 2 is 0.653 bits per heavy atom. The Kier molecular flexibility index (Phi) is 37.1. The molecule has 13 amide bonds. The van der Waals surface area contributed by atoms with Gasteiger partial charge in [-0.2, -0.15) is 0 Å². The average Bonchev–Trinajstić information content (AvgIpc) is 0.852. The molecular weight excluding hydrogens is 1330 g/mol. The number of carboxylic acid groups (broad SMARTS) is 4. The molecule has 0 spiro atoms. The van der Waals surface area contributed by atoms with Crippen LogP contribution < -0.4 is 74.9 Å². The molecule has 0 saturated carbocycles. The lowest BCUT2D eigenvalue weighted by molar-refractivity contribution is -0.143. The van der Waals surface area contributed by atoms with Crippen molar-refractivity contribution in [1.82, 2.24) is 69.1 Å². The molecule has 0 aliphatic rings. The van der Waals surface area contributed by atoms with E-state index < -0.39 is 241 Å². The third kappa shape index (κ3) is 31.3. The smallest absolute Gasteiger partial charge is 0.325 e. The number of aromatic hydroxyl groups is 1. The number of hydrogen-bond donors (Lipinski definition) is 20. The Hall–Kier alpha value is -10.1. The molecule has 15 atom stereocenters. The maximum atomic E-state index is 14.3. The molecule has 37 nitrogen and oxygen atoms in total. The highest BCUT2D eigenvalue weighted by Gasteiger charge is 2.40. The largest absolute Gasteiger partial charge is 0.508 e. The highest BCUT2D eigenvalue weighted by atomic mass is 16.4. The van der Waals surface area contributed by atoms with Crippen molar-refractivity contribution in [1.29, 1.82) is 0 Å². The third-order valence-corrected chi connectivity index (χ3v) is 15.3. The normalized spacial score (nSPS) is 15.7. The fourth-order valence-electron chi connectivity index (χ4n) is 9.42. The van der Waals surface area contributed by atoms with Gasteiger partial charge in [0.15, 0.2) is 0 Å². The lowest BCUT2D eigenvalue weighted by Gasteiger charge is -2.30. The zero-order valence-corrected chi connectivity index (χ0v) is 59.3. The van der Waals surface area contributed by atoms with Crippen LogP contribution in [0.15, 0.2) is 24.3 Å². The molecule has 0 unspecified atom stereocenters. The van der Waals surface area contributed by atoms with Gasteiger partial charge in [0, 0.05) is 12.8 Å². The van der Waals surface area contributed by atoms with Crippen molar-refractivity contribution in [2.75, 3.05) is 0 Å². The van der Waals surface area contributed by atoms with E-state index >= 15 is 0 Å². The van der Waals surface area contributed by atoms with Crippen molar-refractivity contribution >= 4 is 101 Å². The van der Waals surface area contributed by atoms with Crippen LogP contribution in [-0.4, -0.2) is 222 Å². The Labute approximate surface area is 584 Å². The SMILES string of the molecule is CC(C)C[C@H](NC(=O)[C@H](CC(=O)O)NC(=O)[C@H](C)N)C(=O)N[C@@H](CCC(=O)O)C(=O)N[C@H](C(=O)N[C@H](C(=O)N[C@@H](C)C(=O)N[C@@H](C)C(=O)N[C@H](C(=O)N[C@@H](Cc1ccc(O)cc1)C(=O)N[C@H](C(=O)N[C@@H](CC(=O)O)C(=O)N[C@H](C(=O)N[C@@H](C)C(=O)O)C(C)C)C(C)C)[C@@H](C)O)C(C)C)C(C)C. The number of carboxylic acids is 4. The van der Waals surface area contributed by atoms with E-state index in [9.17, 15) is 112 Å². The second-order valence-electron chi connectivity index (χ2n) is 26.4. The summed E-state index contributed by atoms with van der Waals surface area (Å²) in [6.07, 6.45) is -5.35. The van der Waals surface area contributed by atoms with Crippen LogP contribution in [0, 0.1) is 29.6 Å². The number of aliphatic carboxylic acids is 4. The minimum absolute atomic E-state index is 0.100. The standard InChI is InChI=1S/C64H102N14O23/c1-26(2)22-39(71-56(92)41(24-44(83)84)70-51(87)31(11)65)55(91)69-38(20-21-43(81)82)54(90)74-49(30(9)10)62(98)77-47(28(5)6)59(95)67-32(12)52(88)66-33(13)53(89)78-50(35(15)79)63(99)72-40(23-36-16-18-37(80)19-17-36)57(93)76-48(29(7)8)61(97)73-42(25-45(85)86)58(94)75-46(27(3)4)60(96)68-34(14)64(100)101/h16-19,26-35,38-42,46-50,79-80H,20-25,65H2,1-15H3,(H,66,88)(H,67,95)(H,68,96)(H,69,91)(H,70,87)(H,71,92)(H,72,99)(H,73,97)(H,74,90)(H,75,94)(H,76,93)(H,77,98)(H,78,89)(H,81,82)(H,83,84)(H,85,86)(H,100,101)/t31-,32-,33-,34-,35+,38-,39-,40-,41-,42-,46-,47-,48-,49-,50-/m0/s1. The van der Waals surface area contributed by atoms with Crippen LogP contribution >= 0.6 is 0 Å². The molecule has 0 aliphatic carbocycles. The number of amides is 13. The van der Waals surface area contributed by atoms with E-state index in [2.05, 4.69) is 69.1 Å². The quantitative estimate of drug-likeness (QED) is 0.0293. The number of carbonyl (C=O) groups excluding carboxylic acids is 13. The van der Waals surface area contributed by atoms with Crippen LogP contribution in [0.25, 0.3) is 0 Å². The van der Waals surface area contributed by atoms with Crippen molar-refractivity contribution in [2.24, 2.45) is 35.3 Å².